The monoisotopic (exact) mass is 288 g/mol. The Labute approximate surface area is 125 Å². The van der Waals surface area contributed by atoms with Crippen molar-refractivity contribution in [1.29, 1.82) is 5.26 Å². The van der Waals surface area contributed by atoms with Gasteiger partial charge in [-0.3, -0.25) is 4.79 Å². The first kappa shape index (κ1) is 15.5. The Morgan fingerprint density at radius 3 is 2.71 bits per heavy atom. The number of hydrogen-bond donors (Lipinski definition) is 1. The van der Waals surface area contributed by atoms with E-state index in [2.05, 4.69) is 18.3 Å². The van der Waals surface area contributed by atoms with Crippen LogP contribution in [0.2, 0.25) is 0 Å². The molecule has 0 spiro atoms. The third-order valence-electron chi connectivity index (χ3n) is 4.54. The molecule has 0 aromatic heterocycles. The Morgan fingerprint density at radius 1 is 1.48 bits per heavy atom. The summed E-state index contributed by atoms with van der Waals surface area (Å²) in [6.45, 7) is 3.77. The molecule has 112 valence electrons. The largest absolute Gasteiger partial charge is 0.334 e. The van der Waals surface area contributed by atoms with Gasteiger partial charge < -0.3 is 5.32 Å². The number of nitriles is 1. The molecule has 1 aromatic carbocycles. The molecule has 0 aliphatic heterocycles. The van der Waals surface area contributed by atoms with Crippen molar-refractivity contribution in [2.75, 3.05) is 0 Å². The van der Waals surface area contributed by atoms with Crippen molar-refractivity contribution in [3.63, 3.8) is 0 Å². The van der Waals surface area contributed by atoms with E-state index in [1.54, 1.807) is 19.1 Å². The molecule has 0 saturated heterocycles. The summed E-state index contributed by atoms with van der Waals surface area (Å²) in [4.78, 5) is 12.3. The van der Waals surface area contributed by atoms with Crippen LogP contribution >= 0.6 is 0 Å². The second-order valence-electron chi connectivity index (χ2n) is 5.94. The van der Waals surface area contributed by atoms with E-state index < -0.39 is 17.3 Å². The molecule has 0 atom stereocenters. The minimum Gasteiger partial charge on any atom is -0.334 e. The molecule has 4 heteroatoms. The molecular formula is C17H21FN2O. The molecule has 1 amide bonds. The van der Waals surface area contributed by atoms with Crippen LogP contribution in [0.15, 0.2) is 18.2 Å². The number of amides is 1. The molecule has 0 radical (unpaired) electrons. The Kier molecular flexibility index (Phi) is 4.62. The van der Waals surface area contributed by atoms with Gasteiger partial charge in [0.2, 0.25) is 0 Å². The van der Waals surface area contributed by atoms with Gasteiger partial charge in [0.05, 0.1) is 11.6 Å². The zero-order valence-corrected chi connectivity index (χ0v) is 12.6. The highest BCUT2D eigenvalue weighted by molar-refractivity contribution is 5.95. The van der Waals surface area contributed by atoms with E-state index in [0.29, 0.717) is 24.3 Å². The van der Waals surface area contributed by atoms with E-state index in [0.717, 1.165) is 19.3 Å². The zero-order chi connectivity index (χ0) is 15.5. The van der Waals surface area contributed by atoms with Crippen molar-refractivity contribution in [1.82, 2.24) is 5.32 Å². The molecule has 1 saturated carbocycles. The van der Waals surface area contributed by atoms with Crippen molar-refractivity contribution in [2.45, 2.75) is 51.5 Å². The summed E-state index contributed by atoms with van der Waals surface area (Å²) in [6.07, 6.45) is 4.24. The average molecular weight is 288 g/mol. The van der Waals surface area contributed by atoms with Crippen LogP contribution < -0.4 is 5.32 Å². The van der Waals surface area contributed by atoms with Gasteiger partial charge in [0.1, 0.15) is 11.4 Å². The maximum absolute atomic E-state index is 14.0. The fourth-order valence-corrected chi connectivity index (χ4v) is 2.95. The first-order valence-corrected chi connectivity index (χ1v) is 7.50. The topological polar surface area (TPSA) is 52.9 Å². The number of carbonyl (C=O) groups is 1. The normalized spacial score (nSPS) is 25.1. The number of aryl methyl sites for hydroxylation is 1. The van der Waals surface area contributed by atoms with Crippen molar-refractivity contribution < 1.29 is 9.18 Å². The predicted molar refractivity (Wildman–Crippen MR) is 79.2 cm³/mol. The van der Waals surface area contributed by atoms with Crippen molar-refractivity contribution >= 4 is 5.91 Å². The first-order valence-electron chi connectivity index (χ1n) is 7.50. The SMILES string of the molecule is CCC1CCC(C#N)(NC(=O)c2cccc(C)c2F)CC1. The van der Waals surface area contributed by atoms with Crippen LogP contribution in [0.3, 0.4) is 0 Å². The van der Waals surface area contributed by atoms with Gasteiger partial charge in [0, 0.05) is 0 Å². The Balaban J connectivity index is 2.14. The molecule has 1 N–H and O–H groups in total. The van der Waals surface area contributed by atoms with Crippen LogP contribution in [0.1, 0.15) is 54.9 Å². The number of benzene rings is 1. The average Bonchev–Trinajstić information content (AvgIpc) is 2.50. The lowest BCUT2D eigenvalue weighted by atomic mass is 9.76. The molecule has 1 aliphatic rings. The lowest BCUT2D eigenvalue weighted by Crippen LogP contribution is -2.49. The molecule has 1 aromatic rings. The van der Waals surface area contributed by atoms with E-state index in [1.807, 2.05) is 0 Å². The van der Waals surface area contributed by atoms with Gasteiger partial charge in [0.15, 0.2) is 0 Å². The fourth-order valence-electron chi connectivity index (χ4n) is 2.95. The number of rotatable bonds is 3. The number of nitrogens with zero attached hydrogens (tertiary/aromatic N) is 1. The van der Waals surface area contributed by atoms with Crippen LogP contribution in [0.25, 0.3) is 0 Å². The Morgan fingerprint density at radius 2 is 2.14 bits per heavy atom. The van der Waals surface area contributed by atoms with Gasteiger partial charge in [-0.05, 0) is 50.2 Å². The fraction of sp³-hybridized carbons (Fsp3) is 0.529. The highest BCUT2D eigenvalue weighted by atomic mass is 19.1. The van der Waals surface area contributed by atoms with Gasteiger partial charge in [-0.25, -0.2) is 4.39 Å². The van der Waals surface area contributed by atoms with Crippen LogP contribution in [0.4, 0.5) is 4.39 Å². The van der Waals surface area contributed by atoms with E-state index in [-0.39, 0.29) is 5.56 Å². The summed E-state index contributed by atoms with van der Waals surface area (Å²) in [5.41, 5.74) is -0.399. The van der Waals surface area contributed by atoms with Crippen molar-refractivity contribution in [3.8, 4) is 6.07 Å². The molecule has 1 aliphatic carbocycles. The van der Waals surface area contributed by atoms with Gasteiger partial charge >= 0.3 is 0 Å². The summed E-state index contributed by atoms with van der Waals surface area (Å²) in [6, 6.07) is 6.98. The summed E-state index contributed by atoms with van der Waals surface area (Å²) < 4.78 is 14.0. The Bertz CT molecular complexity index is 569. The highest BCUT2D eigenvalue weighted by Crippen LogP contribution is 2.33. The van der Waals surface area contributed by atoms with E-state index in [4.69, 9.17) is 0 Å². The molecule has 0 heterocycles. The zero-order valence-electron chi connectivity index (χ0n) is 12.6. The standard InChI is InChI=1S/C17H21FN2O/c1-3-13-7-9-17(11-19,10-8-13)20-16(21)14-6-4-5-12(2)15(14)18/h4-6,13H,3,7-10H2,1-2H3,(H,20,21). The summed E-state index contributed by atoms with van der Waals surface area (Å²) in [5, 5.41) is 12.2. The van der Waals surface area contributed by atoms with E-state index in [9.17, 15) is 14.4 Å². The molecule has 0 unspecified atom stereocenters. The predicted octanol–water partition coefficient (Wildman–Crippen LogP) is 3.73. The minimum absolute atomic E-state index is 0.0160. The second-order valence-corrected chi connectivity index (χ2v) is 5.94. The van der Waals surface area contributed by atoms with Crippen LogP contribution in [-0.4, -0.2) is 11.4 Å². The molecule has 3 nitrogen and oxygen atoms in total. The maximum atomic E-state index is 14.0. The molecule has 21 heavy (non-hydrogen) atoms. The van der Waals surface area contributed by atoms with Crippen LogP contribution in [0.5, 0.6) is 0 Å². The Hall–Kier alpha value is -1.89. The van der Waals surface area contributed by atoms with E-state index >= 15 is 0 Å². The smallest absolute Gasteiger partial charge is 0.255 e. The van der Waals surface area contributed by atoms with Gasteiger partial charge in [-0.1, -0.05) is 25.5 Å². The summed E-state index contributed by atoms with van der Waals surface area (Å²) in [7, 11) is 0. The maximum Gasteiger partial charge on any atom is 0.255 e. The second kappa shape index (κ2) is 6.26. The van der Waals surface area contributed by atoms with Gasteiger partial charge in [-0.2, -0.15) is 5.26 Å². The number of halogens is 1. The first-order chi connectivity index (χ1) is 10.0. The molecule has 1 fully saturated rings. The summed E-state index contributed by atoms with van der Waals surface area (Å²) in [5.74, 6) is -0.378. The lowest BCUT2D eigenvalue weighted by Gasteiger charge is -2.35. The van der Waals surface area contributed by atoms with Crippen LogP contribution in [0, 0.1) is 30.0 Å². The quantitative estimate of drug-likeness (QED) is 0.921. The van der Waals surface area contributed by atoms with Gasteiger partial charge in [0.25, 0.3) is 5.91 Å². The third kappa shape index (κ3) is 3.24. The molecular weight excluding hydrogens is 267 g/mol. The van der Waals surface area contributed by atoms with Crippen LogP contribution in [-0.2, 0) is 0 Å². The number of carbonyl (C=O) groups excluding carboxylic acids is 1. The number of hydrogen-bond acceptors (Lipinski definition) is 2. The molecule has 0 bridgehead atoms. The summed E-state index contributed by atoms with van der Waals surface area (Å²) >= 11 is 0. The third-order valence-corrected chi connectivity index (χ3v) is 4.54. The van der Waals surface area contributed by atoms with E-state index in [1.165, 1.54) is 6.07 Å². The number of nitrogens with one attached hydrogen (secondary N) is 1. The minimum atomic E-state index is -0.848. The lowest BCUT2D eigenvalue weighted by molar-refractivity contribution is 0.0887. The highest BCUT2D eigenvalue weighted by Gasteiger charge is 2.37. The molecule has 2 rings (SSSR count). The van der Waals surface area contributed by atoms with Gasteiger partial charge in [-0.15, -0.1) is 0 Å². The van der Waals surface area contributed by atoms with Crippen molar-refractivity contribution in [2.24, 2.45) is 5.92 Å². The van der Waals surface area contributed by atoms with Crippen molar-refractivity contribution in [3.05, 3.63) is 35.1 Å².